The first-order valence-corrected chi connectivity index (χ1v) is 9.51. The number of carbonyl (C=O) groups excluding carboxylic acids is 1. The minimum absolute atomic E-state index is 0.0193. The van der Waals surface area contributed by atoms with Gasteiger partial charge in [0.1, 0.15) is 0 Å². The van der Waals surface area contributed by atoms with Crippen molar-refractivity contribution in [2.45, 2.75) is 32.7 Å². The summed E-state index contributed by atoms with van der Waals surface area (Å²) < 4.78 is 0. The number of rotatable bonds is 6. The molecule has 0 saturated carbocycles. The van der Waals surface area contributed by atoms with E-state index in [0.29, 0.717) is 6.42 Å². The van der Waals surface area contributed by atoms with Gasteiger partial charge in [-0.1, -0.05) is 6.07 Å². The van der Waals surface area contributed by atoms with E-state index in [2.05, 4.69) is 32.1 Å². The van der Waals surface area contributed by atoms with E-state index >= 15 is 0 Å². The summed E-state index contributed by atoms with van der Waals surface area (Å²) in [5.74, 6) is 0.0193. The molecule has 0 aliphatic carbocycles. The first-order valence-electron chi connectivity index (χ1n) is 7.75. The first-order chi connectivity index (χ1) is 11.6. The first kappa shape index (κ1) is 16.8. The van der Waals surface area contributed by atoms with E-state index in [0.717, 1.165) is 27.6 Å². The molecule has 3 aromatic heterocycles. The number of amides is 1. The van der Waals surface area contributed by atoms with Crippen LogP contribution in [0.3, 0.4) is 0 Å². The molecule has 0 aliphatic heterocycles. The molecule has 0 spiro atoms. The highest BCUT2D eigenvalue weighted by Crippen LogP contribution is 2.21. The van der Waals surface area contributed by atoms with E-state index in [9.17, 15) is 4.79 Å². The fourth-order valence-electron chi connectivity index (χ4n) is 2.61. The van der Waals surface area contributed by atoms with E-state index in [4.69, 9.17) is 0 Å². The number of hydrogen-bond donors (Lipinski definition) is 1. The van der Waals surface area contributed by atoms with Crippen molar-refractivity contribution in [2.75, 3.05) is 0 Å². The molecule has 3 heterocycles. The van der Waals surface area contributed by atoms with Crippen molar-refractivity contribution in [1.29, 1.82) is 0 Å². The van der Waals surface area contributed by atoms with Crippen LogP contribution in [0.5, 0.6) is 0 Å². The standard InChI is InChI=1S/C18H19N3OS2/c1-12-17(24-13(2)20-12)9-18(22)21-16(8-14-5-7-23-11-14)15-4-3-6-19-10-15/h3-7,10-11,16H,8-9H2,1-2H3,(H,21,22)/t16-/m0/s1. The Morgan fingerprint density at radius 3 is 2.83 bits per heavy atom. The Morgan fingerprint density at radius 2 is 2.21 bits per heavy atom. The molecule has 1 atom stereocenters. The zero-order valence-corrected chi connectivity index (χ0v) is 15.3. The maximum atomic E-state index is 12.5. The number of thiazole rings is 1. The lowest BCUT2D eigenvalue weighted by atomic mass is 10.0. The van der Waals surface area contributed by atoms with Gasteiger partial charge in [0.05, 0.1) is 23.2 Å². The summed E-state index contributed by atoms with van der Waals surface area (Å²) in [6.45, 7) is 3.92. The van der Waals surface area contributed by atoms with Gasteiger partial charge in [-0.3, -0.25) is 9.78 Å². The molecule has 4 nitrogen and oxygen atoms in total. The zero-order valence-electron chi connectivity index (χ0n) is 13.7. The summed E-state index contributed by atoms with van der Waals surface area (Å²) in [4.78, 5) is 22.1. The second kappa shape index (κ2) is 7.68. The predicted molar refractivity (Wildman–Crippen MR) is 98.4 cm³/mol. The van der Waals surface area contributed by atoms with Crippen molar-refractivity contribution in [2.24, 2.45) is 0 Å². The number of thiophene rings is 1. The molecule has 6 heteroatoms. The van der Waals surface area contributed by atoms with Gasteiger partial charge in [-0.25, -0.2) is 4.98 Å². The highest BCUT2D eigenvalue weighted by atomic mass is 32.1. The minimum atomic E-state index is -0.0740. The van der Waals surface area contributed by atoms with Crippen LogP contribution >= 0.6 is 22.7 Å². The van der Waals surface area contributed by atoms with Crippen LogP contribution in [0, 0.1) is 13.8 Å². The molecule has 0 aromatic carbocycles. The number of nitrogens with zero attached hydrogens (tertiary/aromatic N) is 2. The fourth-order valence-corrected chi connectivity index (χ4v) is 4.22. The van der Waals surface area contributed by atoms with Crippen molar-refractivity contribution in [1.82, 2.24) is 15.3 Å². The van der Waals surface area contributed by atoms with Gasteiger partial charge in [0.25, 0.3) is 0 Å². The molecule has 0 unspecified atom stereocenters. The minimum Gasteiger partial charge on any atom is -0.349 e. The van der Waals surface area contributed by atoms with Crippen LogP contribution in [0.15, 0.2) is 41.4 Å². The number of hydrogen-bond acceptors (Lipinski definition) is 5. The second-order valence-corrected chi connectivity index (χ2v) is 7.73. The van der Waals surface area contributed by atoms with E-state index in [1.54, 1.807) is 28.9 Å². The summed E-state index contributed by atoms with van der Waals surface area (Å²) in [5, 5.41) is 8.33. The predicted octanol–water partition coefficient (Wildman–Crippen LogP) is 3.86. The van der Waals surface area contributed by atoms with Gasteiger partial charge in [-0.05, 0) is 54.3 Å². The molecule has 24 heavy (non-hydrogen) atoms. The van der Waals surface area contributed by atoms with E-state index in [1.165, 1.54) is 5.56 Å². The molecular weight excluding hydrogens is 338 g/mol. The highest BCUT2D eigenvalue weighted by Gasteiger charge is 2.17. The quantitative estimate of drug-likeness (QED) is 0.729. The Bertz CT molecular complexity index is 797. The molecule has 0 saturated heterocycles. The van der Waals surface area contributed by atoms with Crippen LogP contribution in [0.25, 0.3) is 0 Å². The Morgan fingerprint density at radius 1 is 1.33 bits per heavy atom. The van der Waals surface area contributed by atoms with E-state index in [-0.39, 0.29) is 11.9 Å². The third-order valence-corrected chi connectivity index (χ3v) is 5.57. The summed E-state index contributed by atoms with van der Waals surface area (Å²) >= 11 is 3.26. The van der Waals surface area contributed by atoms with Crippen LogP contribution in [-0.2, 0) is 17.6 Å². The average molecular weight is 358 g/mol. The number of carbonyl (C=O) groups is 1. The molecule has 0 radical (unpaired) electrons. The van der Waals surface area contributed by atoms with Crippen LogP contribution in [0.4, 0.5) is 0 Å². The third kappa shape index (κ3) is 4.27. The van der Waals surface area contributed by atoms with Crippen LogP contribution in [0.2, 0.25) is 0 Å². The lowest BCUT2D eigenvalue weighted by molar-refractivity contribution is -0.121. The molecule has 124 valence electrons. The van der Waals surface area contributed by atoms with Gasteiger partial charge in [0, 0.05) is 17.3 Å². The van der Waals surface area contributed by atoms with Crippen LogP contribution in [-0.4, -0.2) is 15.9 Å². The molecule has 0 fully saturated rings. The maximum Gasteiger partial charge on any atom is 0.225 e. The van der Waals surface area contributed by atoms with Crippen LogP contribution in [0.1, 0.15) is 32.7 Å². The summed E-state index contributed by atoms with van der Waals surface area (Å²) in [6.07, 6.45) is 4.70. The Balaban J connectivity index is 1.73. The van der Waals surface area contributed by atoms with Crippen molar-refractivity contribution < 1.29 is 4.79 Å². The highest BCUT2D eigenvalue weighted by molar-refractivity contribution is 7.11. The van der Waals surface area contributed by atoms with Gasteiger partial charge in [-0.2, -0.15) is 11.3 Å². The monoisotopic (exact) mass is 357 g/mol. The van der Waals surface area contributed by atoms with Gasteiger partial charge < -0.3 is 5.32 Å². The van der Waals surface area contributed by atoms with E-state index in [1.807, 2.05) is 32.2 Å². The molecular formula is C18H19N3OS2. The largest absolute Gasteiger partial charge is 0.349 e. The van der Waals surface area contributed by atoms with Crippen molar-refractivity contribution in [3.05, 3.63) is 68.1 Å². The van der Waals surface area contributed by atoms with Crippen LogP contribution < -0.4 is 5.32 Å². The summed E-state index contributed by atoms with van der Waals surface area (Å²) in [5.41, 5.74) is 3.19. The van der Waals surface area contributed by atoms with Crippen molar-refractivity contribution in [3.63, 3.8) is 0 Å². The molecule has 3 rings (SSSR count). The van der Waals surface area contributed by atoms with Gasteiger partial charge in [0.15, 0.2) is 0 Å². The molecule has 0 bridgehead atoms. The van der Waals surface area contributed by atoms with Gasteiger partial charge in [-0.15, -0.1) is 11.3 Å². The fraction of sp³-hybridized carbons (Fsp3) is 0.278. The van der Waals surface area contributed by atoms with Gasteiger partial charge in [0.2, 0.25) is 5.91 Å². The lowest BCUT2D eigenvalue weighted by Gasteiger charge is -2.18. The normalized spacial score (nSPS) is 12.1. The average Bonchev–Trinajstić information content (AvgIpc) is 3.17. The number of aryl methyl sites for hydroxylation is 2. The lowest BCUT2D eigenvalue weighted by Crippen LogP contribution is -2.31. The molecule has 0 aliphatic rings. The van der Waals surface area contributed by atoms with Crippen molar-refractivity contribution >= 4 is 28.6 Å². The Hall–Kier alpha value is -2.05. The Kier molecular flexibility index (Phi) is 5.37. The molecule has 3 aromatic rings. The summed E-state index contributed by atoms with van der Waals surface area (Å²) in [7, 11) is 0. The number of nitrogens with one attached hydrogen (secondary N) is 1. The van der Waals surface area contributed by atoms with Gasteiger partial charge >= 0.3 is 0 Å². The SMILES string of the molecule is Cc1nc(C)c(CC(=O)N[C@@H](Cc2ccsc2)c2cccnc2)s1. The van der Waals surface area contributed by atoms with Crippen molar-refractivity contribution in [3.8, 4) is 0 Å². The Labute approximate surface area is 149 Å². The number of aromatic nitrogens is 2. The van der Waals surface area contributed by atoms with E-state index < -0.39 is 0 Å². The zero-order chi connectivity index (χ0) is 16.9. The topological polar surface area (TPSA) is 54.9 Å². The molecule has 1 amide bonds. The second-order valence-electron chi connectivity index (χ2n) is 5.66. The third-order valence-electron chi connectivity index (χ3n) is 3.76. The maximum absolute atomic E-state index is 12.5. The number of pyridine rings is 1. The summed E-state index contributed by atoms with van der Waals surface area (Å²) in [6, 6.07) is 5.93. The molecule has 1 N–H and O–H groups in total. The smallest absolute Gasteiger partial charge is 0.225 e.